The van der Waals surface area contributed by atoms with E-state index in [2.05, 4.69) is 15.9 Å². The summed E-state index contributed by atoms with van der Waals surface area (Å²) in [4.78, 5) is 0.738. The van der Waals surface area contributed by atoms with Crippen LogP contribution in [0.2, 0.25) is 4.34 Å². The largest absolute Gasteiger partial charge is 0.243 e. The zero-order valence-electron chi connectivity index (χ0n) is 10.3. The Hall–Kier alpha value is -0.470. The van der Waals surface area contributed by atoms with Crippen LogP contribution in [0.4, 0.5) is 4.39 Å². The monoisotopic (exact) mass is 397 g/mol. The standard InChI is InChI=1S/C12H10BrClFNO2S2/c1-16(7-8-2-5-12(14)19-8)20(17,18)9-3-4-10(13)11(15)6-9/h2-6H,7H2,1H3. The maximum absolute atomic E-state index is 13.5. The first-order valence-corrected chi connectivity index (χ1v) is 8.89. The van der Waals surface area contributed by atoms with Crippen LogP contribution in [0.1, 0.15) is 4.88 Å². The molecule has 8 heteroatoms. The first-order chi connectivity index (χ1) is 9.30. The van der Waals surface area contributed by atoms with Gasteiger partial charge in [-0.1, -0.05) is 11.6 Å². The van der Waals surface area contributed by atoms with E-state index in [1.54, 1.807) is 12.1 Å². The van der Waals surface area contributed by atoms with E-state index in [0.29, 0.717) is 4.34 Å². The lowest BCUT2D eigenvalue weighted by molar-refractivity contribution is 0.468. The van der Waals surface area contributed by atoms with Crippen molar-refractivity contribution in [3.8, 4) is 0 Å². The smallest absolute Gasteiger partial charge is 0.207 e. The Bertz CT molecular complexity index is 733. The van der Waals surface area contributed by atoms with E-state index in [9.17, 15) is 12.8 Å². The predicted molar refractivity (Wildman–Crippen MR) is 82.1 cm³/mol. The molecule has 0 bridgehead atoms. The molecule has 3 nitrogen and oxygen atoms in total. The average molecular weight is 399 g/mol. The summed E-state index contributed by atoms with van der Waals surface area (Å²) in [6.07, 6.45) is 0. The van der Waals surface area contributed by atoms with E-state index in [-0.39, 0.29) is 15.9 Å². The molecule has 2 rings (SSSR count). The number of halogens is 3. The second-order valence-electron chi connectivity index (χ2n) is 4.04. The number of nitrogens with zero attached hydrogens (tertiary/aromatic N) is 1. The van der Waals surface area contributed by atoms with Gasteiger partial charge in [0.15, 0.2) is 0 Å². The average Bonchev–Trinajstić information content (AvgIpc) is 2.78. The van der Waals surface area contributed by atoms with Crippen LogP contribution in [0.3, 0.4) is 0 Å². The molecule has 0 unspecified atom stereocenters. The van der Waals surface area contributed by atoms with Gasteiger partial charge >= 0.3 is 0 Å². The Kier molecular flexibility index (Phi) is 4.86. The Balaban J connectivity index is 2.27. The van der Waals surface area contributed by atoms with Crippen LogP contribution in [0.15, 0.2) is 39.7 Å². The zero-order chi connectivity index (χ0) is 14.9. The highest BCUT2D eigenvalue weighted by atomic mass is 79.9. The lowest BCUT2D eigenvalue weighted by Gasteiger charge is -2.16. The van der Waals surface area contributed by atoms with Gasteiger partial charge in [-0.15, -0.1) is 11.3 Å². The van der Waals surface area contributed by atoms with Crippen LogP contribution < -0.4 is 0 Å². The van der Waals surface area contributed by atoms with Crippen molar-refractivity contribution in [2.45, 2.75) is 11.4 Å². The number of thiophene rings is 1. The molecular weight excluding hydrogens is 389 g/mol. The third kappa shape index (κ3) is 3.40. The third-order valence-electron chi connectivity index (χ3n) is 2.61. The second-order valence-corrected chi connectivity index (χ2v) is 8.74. The maximum Gasteiger partial charge on any atom is 0.243 e. The lowest BCUT2D eigenvalue weighted by atomic mass is 10.3. The van der Waals surface area contributed by atoms with Gasteiger partial charge in [0.25, 0.3) is 0 Å². The van der Waals surface area contributed by atoms with Crippen LogP contribution in [0.5, 0.6) is 0 Å². The van der Waals surface area contributed by atoms with Gasteiger partial charge in [-0.05, 0) is 46.3 Å². The Morgan fingerprint density at radius 1 is 1.35 bits per heavy atom. The molecule has 0 saturated carbocycles. The van der Waals surface area contributed by atoms with Crippen molar-refractivity contribution in [2.75, 3.05) is 7.05 Å². The summed E-state index contributed by atoms with van der Waals surface area (Å²) in [5.41, 5.74) is 0. The van der Waals surface area contributed by atoms with Crippen molar-refractivity contribution in [3.63, 3.8) is 0 Å². The van der Waals surface area contributed by atoms with Crippen molar-refractivity contribution >= 4 is 48.9 Å². The van der Waals surface area contributed by atoms with Crippen molar-refractivity contribution in [2.24, 2.45) is 0 Å². The summed E-state index contributed by atoms with van der Waals surface area (Å²) in [6.45, 7) is 0.192. The first-order valence-electron chi connectivity index (χ1n) is 5.46. The SMILES string of the molecule is CN(Cc1ccc(Cl)s1)S(=O)(=O)c1ccc(Br)c(F)c1. The Labute approximate surface area is 134 Å². The molecule has 0 atom stereocenters. The Morgan fingerprint density at radius 2 is 2.05 bits per heavy atom. The first kappa shape index (κ1) is 15.9. The molecule has 0 amide bonds. The van der Waals surface area contributed by atoms with Crippen LogP contribution in [-0.2, 0) is 16.6 Å². The number of benzene rings is 1. The van der Waals surface area contributed by atoms with Gasteiger partial charge in [-0.3, -0.25) is 0 Å². The number of hydrogen-bond acceptors (Lipinski definition) is 3. The molecule has 0 aliphatic carbocycles. The van der Waals surface area contributed by atoms with Crippen molar-refractivity contribution in [1.29, 1.82) is 0 Å². The van der Waals surface area contributed by atoms with Gasteiger partial charge in [0.2, 0.25) is 10.0 Å². The number of rotatable bonds is 4. The predicted octanol–water partition coefficient (Wildman–Crippen LogP) is 4.12. The van der Waals surface area contributed by atoms with Crippen molar-refractivity contribution < 1.29 is 12.8 Å². The maximum atomic E-state index is 13.5. The molecule has 1 heterocycles. The van der Waals surface area contributed by atoms with E-state index < -0.39 is 15.8 Å². The molecule has 20 heavy (non-hydrogen) atoms. The molecule has 2 aromatic rings. The van der Waals surface area contributed by atoms with Gasteiger partial charge in [0, 0.05) is 18.5 Å². The summed E-state index contributed by atoms with van der Waals surface area (Å²) in [6, 6.07) is 7.21. The summed E-state index contributed by atoms with van der Waals surface area (Å²) in [5.74, 6) is -0.612. The van der Waals surface area contributed by atoms with E-state index in [1.165, 1.54) is 30.5 Å². The van der Waals surface area contributed by atoms with E-state index in [0.717, 1.165) is 15.2 Å². The van der Waals surface area contributed by atoms with Gasteiger partial charge < -0.3 is 0 Å². The molecule has 0 spiro atoms. The van der Waals surface area contributed by atoms with E-state index in [1.807, 2.05) is 0 Å². The fraction of sp³-hybridized carbons (Fsp3) is 0.167. The van der Waals surface area contributed by atoms with Gasteiger partial charge in [0.05, 0.1) is 13.7 Å². The van der Waals surface area contributed by atoms with Gasteiger partial charge in [-0.25, -0.2) is 12.8 Å². The zero-order valence-corrected chi connectivity index (χ0v) is 14.3. The minimum Gasteiger partial charge on any atom is -0.207 e. The molecule has 1 aromatic carbocycles. The topological polar surface area (TPSA) is 37.4 Å². The molecule has 0 aliphatic heterocycles. The van der Waals surface area contributed by atoms with Crippen LogP contribution in [0, 0.1) is 5.82 Å². The molecule has 0 aliphatic rings. The molecule has 0 fully saturated rings. The number of sulfonamides is 1. The third-order valence-corrected chi connectivity index (χ3v) is 6.27. The minimum absolute atomic E-state index is 0.0802. The van der Waals surface area contributed by atoms with Crippen LogP contribution in [0.25, 0.3) is 0 Å². The molecule has 0 radical (unpaired) electrons. The highest BCUT2D eigenvalue weighted by Crippen LogP contribution is 2.26. The summed E-state index contributed by atoms with van der Waals surface area (Å²) in [7, 11) is -2.28. The molecular formula is C12H10BrClFNO2S2. The molecule has 0 N–H and O–H groups in total. The quantitative estimate of drug-likeness (QED) is 0.777. The minimum atomic E-state index is -3.73. The van der Waals surface area contributed by atoms with E-state index in [4.69, 9.17) is 11.6 Å². The highest BCUT2D eigenvalue weighted by Gasteiger charge is 2.22. The van der Waals surface area contributed by atoms with Gasteiger partial charge in [-0.2, -0.15) is 4.31 Å². The van der Waals surface area contributed by atoms with Crippen LogP contribution >= 0.6 is 38.9 Å². The van der Waals surface area contributed by atoms with Crippen LogP contribution in [-0.4, -0.2) is 19.8 Å². The fourth-order valence-electron chi connectivity index (χ4n) is 1.56. The van der Waals surface area contributed by atoms with E-state index >= 15 is 0 Å². The summed E-state index contributed by atoms with van der Waals surface area (Å²) >= 11 is 10.1. The second kappa shape index (κ2) is 6.11. The Morgan fingerprint density at radius 3 is 2.60 bits per heavy atom. The molecule has 1 aromatic heterocycles. The summed E-state index contributed by atoms with van der Waals surface area (Å²) in [5, 5.41) is 0. The van der Waals surface area contributed by atoms with Gasteiger partial charge in [0.1, 0.15) is 5.82 Å². The molecule has 0 saturated heterocycles. The molecule has 108 valence electrons. The summed E-state index contributed by atoms with van der Waals surface area (Å²) < 4.78 is 40.1. The normalized spacial score (nSPS) is 12.1. The number of hydrogen-bond donors (Lipinski definition) is 0. The van der Waals surface area contributed by atoms with Crippen molar-refractivity contribution in [3.05, 3.63) is 49.8 Å². The van der Waals surface area contributed by atoms with Crippen molar-refractivity contribution in [1.82, 2.24) is 4.31 Å². The highest BCUT2D eigenvalue weighted by molar-refractivity contribution is 9.10. The lowest BCUT2D eigenvalue weighted by Crippen LogP contribution is -2.26. The fourth-order valence-corrected chi connectivity index (χ4v) is 4.19.